The number of halogens is 2. The molecule has 35 heavy (non-hydrogen) atoms. The van der Waals surface area contributed by atoms with Crippen molar-refractivity contribution in [3.8, 4) is 0 Å². The van der Waals surface area contributed by atoms with Crippen LogP contribution in [0.1, 0.15) is 71.7 Å². The van der Waals surface area contributed by atoms with E-state index in [1.807, 2.05) is 26.0 Å². The maximum absolute atomic E-state index is 13.2. The number of alkyl halides is 1. The number of rotatable bonds is 9. The molecule has 0 radical (unpaired) electrons. The molecule has 0 spiro atoms. The van der Waals surface area contributed by atoms with Gasteiger partial charge in [0.2, 0.25) is 5.91 Å². The van der Waals surface area contributed by atoms with Crippen molar-refractivity contribution in [2.75, 3.05) is 5.32 Å². The molecule has 0 aliphatic heterocycles. The minimum atomic E-state index is -0.831. The van der Waals surface area contributed by atoms with Gasteiger partial charge < -0.3 is 16.0 Å². The van der Waals surface area contributed by atoms with Crippen LogP contribution in [0.25, 0.3) is 0 Å². The first-order valence-electron chi connectivity index (χ1n) is 12.5. The van der Waals surface area contributed by atoms with Crippen molar-refractivity contribution < 1.29 is 14.0 Å². The summed E-state index contributed by atoms with van der Waals surface area (Å²) in [6.07, 6.45) is 5.76. The summed E-state index contributed by atoms with van der Waals surface area (Å²) in [6, 6.07) is 4.81. The number of carbonyl (C=O) groups is 2. The molecule has 3 aliphatic rings. The first-order chi connectivity index (χ1) is 16.8. The summed E-state index contributed by atoms with van der Waals surface area (Å²) in [5.74, 6) is 1.56. The highest BCUT2D eigenvalue weighted by atomic mass is 35.5. The molecule has 188 valence electrons. The molecule has 2 heterocycles. The highest BCUT2D eigenvalue weighted by Gasteiger charge is 2.49. The zero-order chi connectivity index (χ0) is 24.7. The third kappa shape index (κ3) is 5.64. The van der Waals surface area contributed by atoms with Crippen molar-refractivity contribution in [3.05, 3.63) is 44.9 Å². The maximum atomic E-state index is 13.2. The van der Waals surface area contributed by atoms with Crippen LogP contribution in [0.15, 0.2) is 24.4 Å². The molecular weight excluding hydrogens is 487 g/mol. The van der Waals surface area contributed by atoms with E-state index >= 15 is 0 Å². The van der Waals surface area contributed by atoms with E-state index in [4.69, 9.17) is 11.6 Å². The Hall–Kier alpha value is -2.19. The number of hydrogen-bond donors (Lipinski definition) is 3. The van der Waals surface area contributed by atoms with Crippen molar-refractivity contribution in [2.45, 2.75) is 76.7 Å². The smallest absolute Gasteiger partial charge is 0.262 e. The molecule has 3 N–H and O–H groups in total. The van der Waals surface area contributed by atoms with E-state index in [0.29, 0.717) is 41.0 Å². The van der Waals surface area contributed by atoms with E-state index in [9.17, 15) is 14.0 Å². The Morgan fingerprint density at radius 2 is 2.06 bits per heavy atom. The molecular formula is C26H32ClFN4O2S. The quantitative estimate of drug-likeness (QED) is 0.413. The first-order valence-corrected chi connectivity index (χ1v) is 13.7. The number of anilines is 1. The summed E-state index contributed by atoms with van der Waals surface area (Å²) in [5.41, 5.74) is 1.70. The van der Waals surface area contributed by atoms with E-state index in [2.05, 4.69) is 20.9 Å². The fourth-order valence-corrected chi connectivity index (χ4v) is 6.58. The molecule has 6 nitrogen and oxygen atoms in total. The van der Waals surface area contributed by atoms with Gasteiger partial charge in [-0.2, -0.15) is 0 Å². The van der Waals surface area contributed by atoms with Crippen molar-refractivity contribution in [1.29, 1.82) is 0 Å². The summed E-state index contributed by atoms with van der Waals surface area (Å²) in [6.45, 7) is 3.93. The lowest BCUT2D eigenvalue weighted by molar-refractivity contribution is -0.125. The zero-order valence-electron chi connectivity index (χ0n) is 20.0. The summed E-state index contributed by atoms with van der Waals surface area (Å²) < 4.78 is 13.2. The van der Waals surface area contributed by atoms with Crippen molar-refractivity contribution >= 4 is 40.4 Å². The molecule has 2 amide bonds. The van der Waals surface area contributed by atoms with Crippen LogP contribution in [0.5, 0.6) is 0 Å². The van der Waals surface area contributed by atoms with Crippen molar-refractivity contribution in [3.63, 3.8) is 0 Å². The number of aromatic nitrogens is 1. The van der Waals surface area contributed by atoms with Crippen molar-refractivity contribution in [1.82, 2.24) is 15.6 Å². The molecule has 3 unspecified atom stereocenters. The fraction of sp³-hybridized carbons (Fsp3) is 0.577. The lowest BCUT2D eigenvalue weighted by atomic mass is 9.89. The molecule has 5 atom stereocenters. The molecule has 2 aromatic rings. The number of hydrogen-bond acceptors (Lipinski definition) is 5. The van der Waals surface area contributed by atoms with Gasteiger partial charge in [-0.05, 0) is 88.3 Å². The molecule has 3 fully saturated rings. The van der Waals surface area contributed by atoms with Gasteiger partial charge in [-0.3, -0.25) is 14.6 Å². The monoisotopic (exact) mass is 518 g/mol. The van der Waals surface area contributed by atoms with Gasteiger partial charge in [-0.1, -0.05) is 11.6 Å². The van der Waals surface area contributed by atoms with Gasteiger partial charge in [0, 0.05) is 17.1 Å². The average Bonchev–Trinajstić information content (AvgIpc) is 3.22. The first kappa shape index (κ1) is 24.5. The Labute approximate surface area is 214 Å². The summed E-state index contributed by atoms with van der Waals surface area (Å²) in [7, 11) is 0. The summed E-state index contributed by atoms with van der Waals surface area (Å²) in [5, 5.41) is 9.92. The number of thiophene rings is 1. The Balaban J connectivity index is 1.23. The van der Waals surface area contributed by atoms with Gasteiger partial charge in [0.05, 0.1) is 27.3 Å². The minimum Gasteiger partial charge on any atom is -0.376 e. The van der Waals surface area contributed by atoms with Crippen LogP contribution in [-0.4, -0.2) is 35.1 Å². The summed E-state index contributed by atoms with van der Waals surface area (Å²) in [4.78, 5) is 32.0. The molecule has 0 aromatic carbocycles. The lowest BCUT2D eigenvalue weighted by Gasteiger charge is -2.32. The number of pyridine rings is 1. The second kappa shape index (κ2) is 10.1. The van der Waals surface area contributed by atoms with E-state index < -0.39 is 12.2 Å². The van der Waals surface area contributed by atoms with Gasteiger partial charge in [0.1, 0.15) is 12.2 Å². The molecule has 3 saturated carbocycles. The van der Waals surface area contributed by atoms with Crippen LogP contribution in [0.4, 0.5) is 10.1 Å². The molecule has 0 bridgehead atoms. The second-order valence-corrected chi connectivity index (χ2v) is 11.9. The fourth-order valence-electron chi connectivity index (χ4n) is 5.51. The largest absolute Gasteiger partial charge is 0.376 e. The van der Waals surface area contributed by atoms with E-state index in [1.54, 1.807) is 12.3 Å². The van der Waals surface area contributed by atoms with E-state index in [1.165, 1.54) is 24.2 Å². The van der Waals surface area contributed by atoms with Gasteiger partial charge in [-0.15, -0.1) is 11.3 Å². The van der Waals surface area contributed by atoms with E-state index in [0.717, 1.165) is 28.6 Å². The Kier molecular flexibility index (Phi) is 7.04. The topological polar surface area (TPSA) is 83.1 Å². The van der Waals surface area contributed by atoms with Crippen LogP contribution in [0.3, 0.4) is 0 Å². The van der Waals surface area contributed by atoms with Gasteiger partial charge in [0.15, 0.2) is 0 Å². The Morgan fingerprint density at radius 1 is 1.26 bits per heavy atom. The predicted molar refractivity (Wildman–Crippen MR) is 137 cm³/mol. The van der Waals surface area contributed by atoms with Crippen molar-refractivity contribution in [2.24, 2.45) is 17.8 Å². The third-order valence-electron chi connectivity index (χ3n) is 7.78. The molecule has 0 saturated heterocycles. The number of nitrogens with zero attached hydrogens (tertiary/aromatic N) is 1. The average molecular weight is 519 g/mol. The van der Waals surface area contributed by atoms with Crippen LogP contribution in [0.2, 0.25) is 5.02 Å². The molecule has 2 aromatic heterocycles. The molecule has 9 heteroatoms. The van der Waals surface area contributed by atoms with Crippen LogP contribution in [-0.2, 0) is 4.79 Å². The highest BCUT2D eigenvalue weighted by molar-refractivity contribution is 7.14. The Bertz CT molecular complexity index is 1100. The van der Waals surface area contributed by atoms with Gasteiger partial charge in [-0.25, -0.2) is 4.39 Å². The van der Waals surface area contributed by atoms with Crippen LogP contribution in [0, 0.1) is 24.7 Å². The minimum absolute atomic E-state index is 0.0443. The SMILES string of the molecule is Cc1ncc(Cl)cc1N[C@@H](C)c1ccc(C(=O)N[C@@H](CC2CCC3CC32)C(=O)N[C@H]2C[C@H](F)C2)s1. The lowest BCUT2D eigenvalue weighted by Crippen LogP contribution is -2.53. The molecule has 5 rings (SSSR count). The van der Waals surface area contributed by atoms with E-state index in [-0.39, 0.29) is 23.9 Å². The molecule has 3 aliphatic carbocycles. The number of fused-ring (bicyclic) bond motifs is 1. The number of carbonyl (C=O) groups excluding carboxylic acids is 2. The normalized spacial score (nSPS) is 28.4. The summed E-state index contributed by atoms with van der Waals surface area (Å²) >= 11 is 7.49. The number of nitrogens with one attached hydrogen (secondary N) is 3. The zero-order valence-corrected chi connectivity index (χ0v) is 21.6. The van der Waals surface area contributed by atoms with Gasteiger partial charge >= 0.3 is 0 Å². The van der Waals surface area contributed by atoms with Gasteiger partial charge in [0.25, 0.3) is 5.91 Å². The number of amides is 2. The number of aryl methyl sites for hydroxylation is 1. The predicted octanol–water partition coefficient (Wildman–Crippen LogP) is 5.43. The maximum Gasteiger partial charge on any atom is 0.262 e. The Morgan fingerprint density at radius 3 is 2.74 bits per heavy atom. The van der Waals surface area contributed by atoms with Crippen LogP contribution < -0.4 is 16.0 Å². The third-order valence-corrected chi connectivity index (χ3v) is 9.25. The highest BCUT2D eigenvalue weighted by Crippen LogP contribution is 2.56. The standard InChI is InChI=1S/C26H32ClFN4O2S/c1-13-21(9-17(27)12-29-13)30-14(2)23-5-6-24(35-23)26(34)32-22(8-16-4-3-15-7-20(15)16)25(33)31-19-10-18(28)11-19/h5-6,9,12,14-16,18-20,22,30H,3-4,7-8,10-11H2,1-2H3,(H,31,33)(H,32,34)/t14-,15?,16?,18-,19-,20?,22-/m0/s1. The van der Waals surface area contributed by atoms with Crippen LogP contribution >= 0.6 is 22.9 Å². The second-order valence-electron chi connectivity index (χ2n) is 10.4.